The second-order valence-corrected chi connectivity index (χ2v) is 5.49. The lowest BCUT2D eigenvalue weighted by Gasteiger charge is -1.97. The lowest BCUT2D eigenvalue weighted by Crippen LogP contribution is -1.83. The first kappa shape index (κ1) is 15.5. The molecule has 0 saturated carbocycles. The topological polar surface area (TPSA) is 52.0 Å². The first-order chi connectivity index (χ1) is 11.7. The summed E-state index contributed by atoms with van der Waals surface area (Å²) in [5.41, 5.74) is 17.1. The van der Waals surface area contributed by atoms with E-state index in [1.165, 1.54) is 0 Å². The molecule has 2 nitrogen and oxygen atoms in total. The summed E-state index contributed by atoms with van der Waals surface area (Å²) in [6, 6.07) is 23.5. The SMILES string of the molecule is Nc1ccc(C#Cc2ccc(C=Cc3ccc(N)cc3)cc2)cc1. The van der Waals surface area contributed by atoms with Gasteiger partial charge in [0.25, 0.3) is 0 Å². The van der Waals surface area contributed by atoms with Crippen molar-refractivity contribution in [1.29, 1.82) is 0 Å². The Balaban J connectivity index is 1.69. The zero-order valence-electron chi connectivity index (χ0n) is 13.2. The van der Waals surface area contributed by atoms with Crippen molar-refractivity contribution in [3.63, 3.8) is 0 Å². The predicted molar refractivity (Wildman–Crippen MR) is 103 cm³/mol. The molecule has 0 spiro atoms. The lowest BCUT2D eigenvalue weighted by molar-refractivity contribution is 1.60. The minimum atomic E-state index is 0.748. The Morgan fingerprint density at radius 3 is 1.29 bits per heavy atom. The minimum Gasteiger partial charge on any atom is -0.399 e. The molecule has 0 aliphatic rings. The molecule has 0 unspecified atom stereocenters. The average Bonchev–Trinajstić information content (AvgIpc) is 2.62. The number of hydrogen-bond donors (Lipinski definition) is 2. The quantitative estimate of drug-likeness (QED) is 0.418. The van der Waals surface area contributed by atoms with E-state index in [1.54, 1.807) is 0 Å². The summed E-state index contributed by atoms with van der Waals surface area (Å²) in [5, 5.41) is 0. The molecule has 2 heteroatoms. The Kier molecular flexibility index (Phi) is 4.65. The highest BCUT2D eigenvalue weighted by Gasteiger charge is 1.91. The molecular formula is C22H18N2. The molecule has 0 radical (unpaired) electrons. The van der Waals surface area contributed by atoms with Crippen LogP contribution in [0.2, 0.25) is 0 Å². The zero-order valence-corrected chi connectivity index (χ0v) is 13.2. The highest BCUT2D eigenvalue weighted by atomic mass is 14.5. The van der Waals surface area contributed by atoms with E-state index in [1.807, 2.05) is 60.7 Å². The molecule has 0 heterocycles. The van der Waals surface area contributed by atoms with Crippen molar-refractivity contribution < 1.29 is 0 Å². The second kappa shape index (κ2) is 7.21. The third-order valence-corrected chi connectivity index (χ3v) is 3.58. The fraction of sp³-hybridized carbons (Fsp3) is 0. The molecule has 4 N–H and O–H groups in total. The number of rotatable bonds is 2. The van der Waals surface area contributed by atoms with Crippen LogP contribution in [0, 0.1) is 11.8 Å². The van der Waals surface area contributed by atoms with Crippen LogP contribution >= 0.6 is 0 Å². The van der Waals surface area contributed by atoms with Crippen LogP contribution in [0.5, 0.6) is 0 Å². The monoisotopic (exact) mass is 310 g/mol. The number of hydrogen-bond acceptors (Lipinski definition) is 2. The van der Waals surface area contributed by atoms with Crippen LogP contribution < -0.4 is 11.5 Å². The third kappa shape index (κ3) is 4.28. The summed E-state index contributed by atoms with van der Waals surface area (Å²) in [6.07, 6.45) is 4.14. The van der Waals surface area contributed by atoms with Crippen LogP contribution in [0.1, 0.15) is 22.3 Å². The fourth-order valence-electron chi connectivity index (χ4n) is 2.19. The van der Waals surface area contributed by atoms with Gasteiger partial charge in [-0.2, -0.15) is 0 Å². The van der Waals surface area contributed by atoms with Gasteiger partial charge in [-0.15, -0.1) is 0 Å². The molecule has 0 aromatic heterocycles. The summed E-state index contributed by atoms with van der Waals surface area (Å²) in [5.74, 6) is 6.29. The van der Waals surface area contributed by atoms with Gasteiger partial charge >= 0.3 is 0 Å². The standard InChI is InChI=1S/C22H18N2/c23-21-13-9-19(10-14-21)7-5-17-1-2-18(4-3-17)6-8-20-11-15-22(24)16-12-20/h1-5,7,9-16H,23-24H2. The fourth-order valence-corrected chi connectivity index (χ4v) is 2.19. The number of nitrogens with two attached hydrogens (primary N) is 2. The molecular weight excluding hydrogens is 292 g/mol. The van der Waals surface area contributed by atoms with Crippen molar-refractivity contribution in [2.24, 2.45) is 0 Å². The molecule has 0 aliphatic heterocycles. The molecule has 0 amide bonds. The maximum Gasteiger partial charge on any atom is 0.0314 e. The second-order valence-electron chi connectivity index (χ2n) is 5.49. The van der Waals surface area contributed by atoms with Crippen LogP contribution in [0.4, 0.5) is 11.4 Å². The summed E-state index contributed by atoms with van der Waals surface area (Å²) in [6.45, 7) is 0. The van der Waals surface area contributed by atoms with Gasteiger partial charge in [0.2, 0.25) is 0 Å². The van der Waals surface area contributed by atoms with Gasteiger partial charge in [-0.3, -0.25) is 0 Å². The zero-order chi connectivity index (χ0) is 16.8. The predicted octanol–water partition coefficient (Wildman–Crippen LogP) is 4.42. The van der Waals surface area contributed by atoms with Crippen molar-refractivity contribution in [1.82, 2.24) is 0 Å². The van der Waals surface area contributed by atoms with E-state index >= 15 is 0 Å². The summed E-state index contributed by atoms with van der Waals surface area (Å²) in [7, 11) is 0. The summed E-state index contributed by atoms with van der Waals surface area (Å²) in [4.78, 5) is 0. The lowest BCUT2D eigenvalue weighted by atomic mass is 10.1. The molecule has 3 aromatic carbocycles. The smallest absolute Gasteiger partial charge is 0.0314 e. The van der Waals surface area contributed by atoms with E-state index in [4.69, 9.17) is 11.5 Å². The van der Waals surface area contributed by atoms with Gasteiger partial charge in [0.15, 0.2) is 0 Å². The molecule has 0 saturated heterocycles. The van der Waals surface area contributed by atoms with E-state index in [0.29, 0.717) is 0 Å². The van der Waals surface area contributed by atoms with Crippen LogP contribution in [0.15, 0.2) is 72.8 Å². The van der Waals surface area contributed by atoms with E-state index < -0.39 is 0 Å². The van der Waals surface area contributed by atoms with Crippen LogP contribution in [0.25, 0.3) is 12.2 Å². The van der Waals surface area contributed by atoms with Gasteiger partial charge in [0.1, 0.15) is 0 Å². The Labute approximate surface area is 142 Å². The molecule has 0 aliphatic carbocycles. The van der Waals surface area contributed by atoms with Crippen molar-refractivity contribution in [2.45, 2.75) is 0 Å². The first-order valence-corrected chi connectivity index (χ1v) is 7.70. The van der Waals surface area contributed by atoms with Crippen LogP contribution in [-0.4, -0.2) is 0 Å². The van der Waals surface area contributed by atoms with Gasteiger partial charge < -0.3 is 11.5 Å². The van der Waals surface area contributed by atoms with Crippen molar-refractivity contribution in [3.8, 4) is 11.8 Å². The van der Waals surface area contributed by atoms with Gasteiger partial charge in [0, 0.05) is 22.5 Å². The van der Waals surface area contributed by atoms with Crippen molar-refractivity contribution in [3.05, 3.63) is 95.1 Å². The maximum absolute atomic E-state index is 5.69. The number of anilines is 2. The Morgan fingerprint density at radius 1 is 0.500 bits per heavy atom. The minimum absolute atomic E-state index is 0.748. The van der Waals surface area contributed by atoms with Crippen molar-refractivity contribution in [2.75, 3.05) is 11.5 Å². The van der Waals surface area contributed by atoms with E-state index in [0.717, 1.165) is 33.6 Å². The van der Waals surface area contributed by atoms with E-state index in [9.17, 15) is 0 Å². The third-order valence-electron chi connectivity index (χ3n) is 3.58. The normalized spacial score (nSPS) is 10.3. The Hall–Kier alpha value is -3.44. The average molecular weight is 310 g/mol. The van der Waals surface area contributed by atoms with Gasteiger partial charge in [0.05, 0.1) is 0 Å². The molecule has 116 valence electrons. The highest BCUT2D eigenvalue weighted by Crippen LogP contribution is 2.11. The first-order valence-electron chi connectivity index (χ1n) is 7.70. The molecule has 0 atom stereocenters. The van der Waals surface area contributed by atoms with Crippen LogP contribution in [-0.2, 0) is 0 Å². The maximum atomic E-state index is 5.69. The van der Waals surface area contributed by atoms with E-state index in [-0.39, 0.29) is 0 Å². The van der Waals surface area contributed by atoms with Gasteiger partial charge in [-0.05, 0) is 59.7 Å². The Morgan fingerprint density at radius 2 is 0.833 bits per heavy atom. The van der Waals surface area contributed by atoms with E-state index in [2.05, 4.69) is 36.1 Å². The number of nitrogen functional groups attached to an aromatic ring is 2. The van der Waals surface area contributed by atoms with Gasteiger partial charge in [-0.1, -0.05) is 48.3 Å². The molecule has 3 aromatic rings. The van der Waals surface area contributed by atoms with Crippen LogP contribution in [0.3, 0.4) is 0 Å². The summed E-state index contributed by atoms with van der Waals surface area (Å²) >= 11 is 0. The number of benzene rings is 3. The molecule has 3 rings (SSSR count). The molecule has 0 fully saturated rings. The van der Waals surface area contributed by atoms with Gasteiger partial charge in [-0.25, -0.2) is 0 Å². The molecule has 24 heavy (non-hydrogen) atoms. The summed E-state index contributed by atoms with van der Waals surface area (Å²) < 4.78 is 0. The largest absolute Gasteiger partial charge is 0.399 e. The highest BCUT2D eigenvalue weighted by molar-refractivity contribution is 5.70. The van der Waals surface area contributed by atoms with Crippen molar-refractivity contribution >= 4 is 23.5 Å². The molecule has 0 bridgehead atoms. The Bertz CT molecular complexity index is 891.